The molecule has 0 atom stereocenters. The van der Waals surface area contributed by atoms with Crippen molar-refractivity contribution >= 4 is 12.4 Å². The first-order valence-electron chi connectivity index (χ1n) is 8.20. The van der Waals surface area contributed by atoms with E-state index in [2.05, 4.69) is 17.6 Å². The van der Waals surface area contributed by atoms with Gasteiger partial charge in [0.2, 0.25) is 0 Å². The van der Waals surface area contributed by atoms with Crippen LogP contribution in [0.3, 0.4) is 0 Å². The molecule has 25 heavy (non-hydrogen) atoms. The summed E-state index contributed by atoms with van der Waals surface area (Å²) < 4.78 is 5.22. The van der Waals surface area contributed by atoms with Gasteiger partial charge in [-0.2, -0.15) is 0 Å². The molecule has 0 aliphatic carbocycles. The molecule has 5 nitrogen and oxygen atoms in total. The van der Waals surface area contributed by atoms with Gasteiger partial charge in [0.05, 0.1) is 6.54 Å². The average molecular weight is 340 g/mol. The van der Waals surface area contributed by atoms with Crippen LogP contribution in [0.2, 0.25) is 0 Å². The number of rotatable bonds is 6. The van der Waals surface area contributed by atoms with Crippen molar-refractivity contribution in [3.05, 3.63) is 60.2 Å². The SMILES string of the molecule is CC(C)(C)OC(=O)NN(CC=O)Cc1ccc(-c2ccccc2)cc1. The van der Waals surface area contributed by atoms with Crippen LogP contribution in [0, 0.1) is 0 Å². The lowest BCUT2D eigenvalue weighted by Gasteiger charge is -2.25. The zero-order valence-electron chi connectivity index (χ0n) is 14.9. The van der Waals surface area contributed by atoms with Gasteiger partial charge in [-0.3, -0.25) is 5.43 Å². The maximum atomic E-state index is 11.9. The van der Waals surface area contributed by atoms with Gasteiger partial charge in [0.25, 0.3) is 0 Å². The lowest BCUT2D eigenvalue weighted by molar-refractivity contribution is -0.109. The number of benzene rings is 2. The van der Waals surface area contributed by atoms with E-state index in [4.69, 9.17) is 4.74 Å². The predicted octanol–water partition coefficient (Wildman–Crippen LogP) is 3.79. The Morgan fingerprint density at radius 1 is 1.04 bits per heavy atom. The van der Waals surface area contributed by atoms with Gasteiger partial charge in [-0.1, -0.05) is 54.6 Å². The summed E-state index contributed by atoms with van der Waals surface area (Å²) in [7, 11) is 0. The zero-order chi connectivity index (χ0) is 18.3. The first kappa shape index (κ1) is 18.7. The van der Waals surface area contributed by atoms with Gasteiger partial charge in [-0.15, -0.1) is 0 Å². The summed E-state index contributed by atoms with van der Waals surface area (Å²) in [6.07, 6.45) is 0.172. The smallest absolute Gasteiger partial charge is 0.422 e. The number of ether oxygens (including phenoxy) is 1. The molecule has 1 amide bonds. The van der Waals surface area contributed by atoms with Crippen LogP contribution in [0.1, 0.15) is 26.3 Å². The van der Waals surface area contributed by atoms with Gasteiger partial charge >= 0.3 is 6.09 Å². The minimum Gasteiger partial charge on any atom is -0.443 e. The first-order valence-corrected chi connectivity index (χ1v) is 8.20. The molecule has 132 valence electrons. The monoisotopic (exact) mass is 340 g/mol. The highest BCUT2D eigenvalue weighted by Crippen LogP contribution is 2.19. The van der Waals surface area contributed by atoms with Crippen LogP contribution in [-0.4, -0.2) is 29.5 Å². The molecular weight excluding hydrogens is 316 g/mol. The number of amides is 1. The molecular formula is C20H24N2O3. The van der Waals surface area contributed by atoms with E-state index in [1.165, 1.54) is 5.01 Å². The number of carbonyl (C=O) groups excluding carboxylic acids is 2. The minimum atomic E-state index is -0.589. The van der Waals surface area contributed by atoms with Crippen molar-refractivity contribution in [1.29, 1.82) is 0 Å². The highest BCUT2D eigenvalue weighted by Gasteiger charge is 2.18. The fraction of sp³-hybridized carbons (Fsp3) is 0.300. The molecule has 0 aromatic heterocycles. The number of hydrazine groups is 1. The van der Waals surface area contributed by atoms with Crippen molar-refractivity contribution in [3.8, 4) is 11.1 Å². The van der Waals surface area contributed by atoms with E-state index < -0.39 is 11.7 Å². The molecule has 2 rings (SSSR count). The van der Waals surface area contributed by atoms with E-state index in [0.717, 1.165) is 23.0 Å². The maximum absolute atomic E-state index is 11.9. The fourth-order valence-electron chi connectivity index (χ4n) is 2.32. The first-order chi connectivity index (χ1) is 11.9. The lowest BCUT2D eigenvalue weighted by Crippen LogP contribution is -2.45. The van der Waals surface area contributed by atoms with Gasteiger partial charge in [0.15, 0.2) is 0 Å². The number of hydrogen-bond donors (Lipinski definition) is 1. The molecule has 0 bridgehead atoms. The van der Waals surface area contributed by atoms with Gasteiger partial charge in [-0.05, 0) is 37.5 Å². The van der Waals surface area contributed by atoms with Crippen LogP contribution in [0.15, 0.2) is 54.6 Å². The second-order valence-electron chi connectivity index (χ2n) is 6.72. The molecule has 2 aromatic rings. The van der Waals surface area contributed by atoms with Crippen molar-refractivity contribution in [1.82, 2.24) is 10.4 Å². The number of hydrogen-bond acceptors (Lipinski definition) is 4. The average Bonchev–Trinajstić information content (AvgIpc) is 2.55. The summed E-state index contributed by atoms with van der Waals surface area (Å²) in [5.41, 5.74) is 5.27. The highest BCUT2D eigenvalue weighted by atomic mass is 16.6. The van der Waals surface area contributed by atoms with Crippen molar-refractivity contribution in [2.75, 3.05) is 6.54 Å². The second-order valence-corrected chi connectivity index (χ2v) is 6.72. The molecule has 0 spiro atoms. The normalized spacial score (nSPS) is 11.2. The molecule has 2 aromatic carbocycles. The predicted molar refractivity (Wildman–Crippen MR) is 97.7 cm³/mol. The van der Waals surface area contributed by atoms with Crippen LogP contribution in [-0.2, 0) is 16.1 Å². The molecule has 0 unspecified atom stereocenters. The van der Waals surface area contributed by atoms with Crippen LogP contribution >= 0.6 is 0 Å². The van der Waals surface area contributed by atoms with Gasteiger partial charge in [0, 0.05) is 6.54 Å². The largest absolute Gasteiger partial charge is 0.443 e. The lowest BCUT2D eigenvalue weighted by atomic mass is 10.0. The zero-order valence-corrected chi connectivity index (χ0v) is 14.9. The molecule has 0 saturated heterocycles. The van der Waals surface area contributed by atoms with E-state index in [-0.39, 0.29) is 6.54 Å². The van der Waals surface area contributed by atoms with Crippen molar-refractivity contribution in [3.63, 3.8) is 0 Å². The van der Waals surface area contributed by atoms with E-state index in [1.54, 1.807) is 20.8 Å². The third-order valence-electron chi connectivity index (χ3n) is 3.38. The van der Waals surface area contributed by atoms with Crippen molar-refractivity contribution in [2.24, 2.45) is 0 Å². The Hall–Kier alpha value is -2.66. The Bertz CT molecular complexity index is 691. The topological polar surface area (TPSA) is 58.6 Å². The molecule has 5 heteroatoms. The third-order valence-corrected chi connectivity index (χ3v) is 3.38. The summed E-state index contributed by atoms with van der Waals surface area (Å²) in [5.74, 6) is 0. The summed E-state index contributed by atoms with van der Waals surface area (Å²) in [6.45, 7) is 5.86. The maximum Gasteiger partial charge on any atom is 0.422 e. The number of nitrogens with zero attached hydrogens (tertiary/aromatic N) is 1. The standard InChI is InChI=1S/C20H24N2O3/c1-20(2,3)25-19(24)21-22(13-14-23)15-16-9-11-18(12-10-16)17-7-5-4-6-8-17/h4-12,14H,13,15H2,1-3H3,(H,21,24). The molecule has 0 heterocycles. The van der Waals surface area contributed by atoms with Crippen LogP contribution in [0.25, 0.3) is 11.1 Å². The molecule has 1 N–H and O–H groups in total. The highest BCUT2D eigenvalue weighted by molar-refractivity contribution is 5.67. The Morgan fingerprint density at radius 2 is 1.64 bits per heavy atom. The summed E-state index contributed by atoms with van der Waals surface area (Å²) in [5, 5.41) is 1.53. The van der Waals surface area contributed by atoms with Crippen LogP contribution in [0.4, 0.5) is 4.79 Å². The van der Waals surface area contributed by atoms with Gasteiger partial charge < -0.3 is 9.53 Å². The summed E-state index contributed by atoms with van der Waals surface area (Å²) in [6, 6.07) is 18.1. The molecule has 0 saturated carbocycles. The Kier molecular flexibility index (Phi) is 6.31. The van der Waals surface area contributed by atoms with Crippen LogP contribution < -0.4 is 5.43 Å². The van der Waals surface area contributed by atoms with Crippen molar-refractivity contribution in [2.45, 2.75) is 32.9 Å². The Morgan fingerprint density at radius 3 is 2.20 bits per heavy atom. The summed E-state index contributed by atoms with van der Waals surface area (Å²) in [4.78, 5) is 22.8. The van der Waals surface area contributed by atoms with E-state index >= 15 is 0 Å². The second kappa shape index (κ2) is 8.44. The Labute approximate surface area is 148 Å². The Balaban J connectivity index is 2.01. The molecule has 0 aliphatic heterocycles. The van der Waals surface area contributed by atoms with Crippen molar-refractivity contribution < 1.29 is 14.3 Å². The van der Waals surface area contributed by atoms with E-state index in [9.17, 15) is 9.59 Å². The fourth-order valence-corrected chi connectivity index (χ4v) is 2.32. The molecule has 0 aliphatic rings. The van der Waals surface area contributed by atoms with Gasteiger partial charge in [-0.25, -0.2) is 9.80 Å². The van der Waals surface area contributed by atoms with E-state index in [0.29, 0.717) is 6.54 Å². The van der Waals surface area contributed by atoms with Gasteiger partial charge in [0.1, 0.15) is 11.9 Å². The number of nitrogens with one attached hydrogen (secondary N) is 1. The molecule has 0 fully saturated rings. The quantitative estimate of drug-likeness (QED) is 0.642. The van der Waals surface area contributed by atoms with E-state index in [1.807, 2.05) is 42.5 Å². The van der Waals surface area contributed by atoms with Crippen LogP contribution in [0.5, 0.6) is 0 Å². The number of aldehydes is 1. The number of carbonyl (C=O) groups is 2. The minimum absolute atomic E-state index is 0.0830. The summed E-state index contributed by atoms with van der Waals surface area (Å²) >= 11 is 0. The third kappa shape index (κ3) is 6.39. The molecule has 0 radical (unpaired) electrons.